The first-order chi connectivity index (χ1) is 9.47. The number of fused-ring (bicyclic) bond motifs is 3. The van der Waals surface area contributed by atoms with Crippen molar-refractivity contribution in [3.63, 3.8) is 0 Å². The molecule has 1 unspecified atom stereocenters. The van der Waals surface area contributed by atoms with Gasteiger partial charge in [-0.2, -0.15) is 0 Å². The van der Waals surface area contributed by atoms with Crippen molar-refractivity contribution < 1.29 is 14.3 Å². The predicted octanol–water partition coefficient (Wildman–Crippen LogP) is 2.65. The molecule has 0 N–H and O–H groups in total. The number of aromatic nitrogens is 1. The molecule has 0 bridgehead atoms. The van der Waals surface area contributed by atoms with Crippen molar-refractivity contribution in [2.45, 2.75) is 38.6 Å². The third-order valence-corrected chi connectivity index (χ3v) is 4.63. The van der Waals surface area contributed by atoms with Crippen molar-refractivity contribution in [2.75, 3.05) is 7.11 Å². The zero-order valence-electron chi connectivity index (χ0n) is 11.7. The minimum atomic E-state index is -0.190. The first kappa shape index (κ1) is 13.4. The molecule has 4 nitrogen and oxygen atoms in total. The van der Waals surface area contributed by atoms with Gasteiger partial charge < -0.3 is 9.30 Å². The van der Waals surface area contributed by atoms with Gasteiger partial charge in [0.05, 0.1) is 12.7 Å². The minimum Gasteiger partial charge on any atom is -0.492 e. The molecule has 0 saturated heterocycles. The molecule has 5 heteroatoms. The topological polar surface area (TPSA) is 48.3 Å². The molecule has 0 saturated carbocycles. The van der Waals surface area contributed by atoms with Crippen molar-refractivity contribution in [3.8, 4) is 0 Å². The minimum absolute atomic E-state index is 0.0682. The normalized spacial score (nSPS) is 21.9. The van der Waals surface area contributed by atoms with Crippen LogP contribution in [0.1, 0.15) is 45.4 Å². The maximum atomic E-state index is 12.6. The summed E-state index contributed by atoms with van der Waals surface area (Å²) in [6.07, 6.45) is 1.51. The van der Waals surface area contributed by atoms with E-state index in [2.05, 4.69) is 0 Å². The Morgan fingerprint density at radius 3 is 2.60 bits per heavy atom. The van der Waals surface area contributed by atoms with Crippen molar-refractivity contribution >= 4 is 23.2 Å². The van der Waals surface area contributed by atoms with Crippen LogP contribution in [0, 0.1) is 6.92 Å². The number of ether oxygens (including phenoxy) is 1. The molecule has 0 radical (unpaired) electrons. The molecule has 1 aromatic rings. The molecule has 2 heterocycles. The van der Waals surface area contributed by atoms with Crippen LogP contribution in [-0.2, 0) is 17.7 Å². The number of alkyl halides is 1. The fourth-order valence-electron chi connectivity index (χ4n) is 3.21. The molecule has 106 valence electrons. The first-order valence-corrected chi connectivity index (χ1v) is 7.11. The summed E-state index contributed by atoms with van der Waals surface area (Å²) in [6.45, 7) is 4.22. The smallest absolute Gasteiger partial charge is 0.230 e. The number of carbonyl (C=O) groups is 2. The third kappa shape index (κ3) is 1.61. The number of hydrogen-bond donors (Lipinski definition) is 0. The summed E-state index contributed by atoms with van der Waals surface area (Å²) in [5.41, 5.74) is 3.28. The van der Waals surface area contributed by atoms with Gasteiger partial charge in [-0.05, 0) is 25.8 Å². The van der Waals surface area contributed by atoms with Crippen molar-refractivity contribution in [1.29, 1.82) is 0 Å². The summed E-state index contributed by atoms with van der Waals surface area (Å²) < 4.78 is 7.10. The van der Waals surface area contributed by atoms with Crippen molar-refractivity contribution in [2.24, 2.45) is 0 Å². The van der Waals surface area contributed by atoms with E-state index in [0.717, 1.165) is 17.7 Å². The largest absolute Gasteiger partial charge is 0.492 e. The van der Waals surface area contributed by atoms with Crippen LogP contribution in [0.15, 0.2) is 11.3 Å². The maximum Gasteiger partial charge on any atom is 0.230 e. The van der Waals surface area contributed by atoms with Gasteiger partial charge in [-0.25, -0.2) is 0 Å². The summed E-state index contributed by atoms with van der Waals surface area (Å²) in [5.74, 6) is -0.139. The van der Waals surface area contributed by atoms with Crippen LogP contribution in [0.2, 0.25) is 0 Å². The Labute approximate surface area is 122 Å². The highest BCUT2D eigenvalue weighted by Gasteiger charge is 2.38. The second-order valence-corrected chi connectivity index (χ2v) is 5.97. The number of allylic oxidation sites excluding steroid dienone is 2. The van der Waals surface area contributed by atoms with Crippen LogP contribution in [-0.4, -0.2) is 28.6 Å². The average molecular weight is 295 g/mol. The summed E-state index contributed by atoms with van der Waals surface area (Å²) in [4.78, 5) is 25.1. The fraction of sp³-hybridized carbons (Fsp3) is 0.467. The number of hydrogen-bond acceptors (Lipinski definition) is 3. The van der Waals surface area contributed by atoms with Crippen LogP contribution < -0.4 is 0 Å². The van der Waals surface area contributed by atoms with Gasteiger partial charge in [0.2, 0.25) is 11.6 Å². The van der Waals surface area contributed by atoms with Crippen LogP contribution in [0.5, 0.6) is 0 Å². The van der Waals surface area contributed by atoms with E-state index >= 15 is 0 Å². The molecule has 2 aliphatic rings. The summed E-state index contributed by atoms with van der Waals surface area (Å²) in [7, 11) is 1.43. The molecule has 0 fully saturated rings. The Morgan fingerprint density at radius 1 is 1.25 bits per heavy atom. The second kappa shape index (κ2) is 4.48. The van der Waals surface area contributed by atoms with Gasteiger partial charge in [0.15, 0.2) is 5.76 Å². The van der Waals surface area contributed by atoms with E-state index in [9.17, 15) is 9.59 Å². The molecule has 1 aromatic heterocycles. The Balaban J connectivity index is 2.27. The number of carbonyl (C=O) groups excluding carboxylic acids is 2. The molecular weight excluding hydrogens is 279 g/mol. The van der Waals surface area contributed by atoms with E-state index in [0.29, 0.717) is 29.8 Å². The van der Waals surface area contributed by atoms with E-state index in [-0.39, 0.29) is 22.7 Å². The number of nitrogens with zero attached hydrogens (tertiary/aromatic N) is 1. The van der Waals surface area contributed by atoms with Gasteiger partial charge in [0.25, 0.3) is 0 Å². The summed E-state index contributed by atoms with van der Waals surface area (Å²) >= 11 is 6.22. The van der Waals surface area contributed by atoms with Crippen LogP contribution >= 0.6 is 11.6 Å². The standard InChI is InChI=1S/C15H16ClNO3/c1-7-10-6-9(16)4-5-17(10)12-11(7)14(19)15(20-3)8(2)13(12)18/h9H,4-6H2,1-3H3/i6+1. The molecule has 1 aliphatic heterocycles. The van der Waals surface area contributed by atoms with Gasteiger partial charge in [-0.1, -0.05) is 0 Å². The van der Waals surface area contributed by atoms with E-state index in [1.165, 1.54) is 7.11 Å². The Morgan fingerprint density at radius 2 is 1.95 bits per heavy atom. The second-order valence-electron chi connectivity index (χ2n) is 5.35. The maximum absolute atomic E-state index is 12.6. The zero-order chi connectivity index (χ0) is 14.6. The van der Waals surface area contributed by atoms with Gasteiger partial charge in [-0.3, -0.25) is 9.59 Å². The third-order valence-electron chi connectivity index (χ3n) is 4.25. The summed E-state index contributed by atoms with van der Waals surface area (Å²) in [6, 6.07) is 0. The Bertz CT molecular complexity index is 669. The van der Waals surface area contributed by atoms with Gasteiger partial charge in [0.1, 0.15) is 5.69 Å². The van der Waals surface area contributed by atoms with Crippen molar-refractivity contribution in [3.05, 3.63) is 33.8 Å². The quantitative estimate of drug-likeness (QED) is 0.591. The molecule has 3 rings (SSSR count). The lowest BCUT2D eigenvalue weighted by Crippen LogP contribution is -2.26. The van der Waals surface area contributed by atoms with Gasteiger partial charge in [0, 0.05) is 29.6 Å². The summed E-state index contributed by atoms with van der Waals surface area (Å²) in [5, 5.41) is 0.0682. The zero-order valence-corrected chi connectivity index (χ0v) is 12.5. The van der Waals surface area contributed by atoms with E-state index in [1.54, 1.807) is 6.92 Å². The highest BCUT2D eigenvalue weighted by molar-refractivity contribution is 6.26. The highest BCUT2D eigenvalue weighted by Crippen LogP contribution is 2.36. The SMILES string of the molecule is COC1=C(C)C(=O)c2c(c(C)c3n2CCC(Cl)[13CH2]3)C1=O. The number of halogens is 1. The van der Waals surface area contributed by atoms with E-state index < -0.39 is 0 Å². The highest BCUT2D eigenvalue weighted by atomic mass is 35.5. The molecule has 0 amide bonds. The van der Waals surface area contributed by atoms with Crippen molar-refractivity contribution in [1.82, 2.24) is 4.57 Å². The molecule has 1 atom stereocenters. The lowest BCUT2D eigenvalue weighted by Gasteiger charge is -2.23. The van der Waals surface area contributed by atoms with E-state index in [1.807, 2.05) is 11.5 Å². The average Bonchev–Trinajstić information content (AvgIpc) is 2.70. The lowest BCUT2D eigenvalue weighted by atomic mass is 9.92. The molecule has 1 aliphatic carbocycles. The van der Waals surface area contributed by atoms with E-state index in [4.69, 9.17) is 16.3 Å². The molecule has 20 heavy (non-hydrogen) atoms. The molecule has 0 spiro atoms. The van der Waals surface area contributed by atoms with Gasteiger partial charge in [-0.15, -0.1) is 11.6 Å². The predicted molar refractivity (Wildman–Crippen MR) is 75.5 cm³/mol. The first-order valence-electron chi connectivity index (χ1n) is 6.67. The molecular formula is C15H16ClNO3. The van der Waals surface area contributed by atoms with Gasteiger partial charge >= 0.3 is 0 Å². The lowest BCUT2D eigenvalue weighted by molar-refractivity contribution is 0.0901. The monoisotopic (exact) mass is 294 g/mol. The Hall–Kier alpha value is -1.55. The number of rotatable bonds is 1. The molecule has 0 aromatic carbocycles. The number of Topliss-reactive ketones (excluding diaryl/α,β-unsaturated/α-hetero) is 2. The number of methoxy groups -OCH3 is 1. The number of ketones is 2. The van der Waals surface area contributed by atoms with Crippen LogP contribution in [0.25, 0.3) is 0 Å². The Kier molecular flexibility index (Phi) is 3.01. The fourth-order valence-corrected chi connectivity index (χ4v) is 3.45. The van der Waals surface area contributed by atoms with Crippen LogP contribution in [0.4, 0.5) is 0 Å². The van der Waals surface area contributed by atoms with Crippen LogP contribution in [0.3, 0.4) is 0 Å².